The Bertz CT molecular complexity index is 3170. The van der Waals surface area contributed by atoms with Crippen molar-refractivity contribution in [2.24, 2.45) is 0 Å². The van der Waals surface area contributed by atoms with Gasteiger partial charge in [-0.05, 0) is 104 Å². The molecule has 0 bridgehead atoms. The van der Waals surface area contributed by atoms with E-state index in [1.165, 1.54) is 38.7 Å². The van der Waals surface area contributed by atoms with Crippen molar-refractivity contribution in [3.63, 3.8) is 0 Å². The van der Waals surface area contributed by atoms with Gasteiger partial charge in [-0.25, -0.2) is 0 Å². The largest absolute Gasteiger partial charge is 0.456 e. The maximum atomic E-state index is 7.07. The van der Waals surface area contributed by atoms with Gasteiger partial charge in [0.1, 0.15) is 16.7 Å². The smallest absolute Gasteiger partial charge is 0.333 e. The lowest BCUT2D eigenvalue weighted by Gasteiger charge is -2.46. The van der Waals surface area contributed by atoms with Crippen LogP contribution < -0.4 is 20.6 Å². The third-order valence-corrected chi connectivity index (χ3v) is 12.9. The molecule has 0 saturated heterocycles. The fourth-order valence-corrected chi connectivity index (χ4v) is 9.67. The molecule has 0 amide bonds. The molecule has 0 N–H and O–H groups in total. The van der Waals surface area contributed by atoms with E-state index in [9.17, 15) is 0 Å². The van der Waals surface area contributed by atoms with Gasteiger partial charge in [0.25, 0.3) is 0 Å². The second-order valence-electron chi connectivity index (χ2n) is 19.9. The highest BCUT2D eigenvalue weighted by molar-refractivity contribution is 6.94. The first-order valence-corrected chi connectivity index (χ1v) is 21.0. The summed E-state index contributed by atoms with van der Waals surface area (Å²) in [5, 5.41) is 4.47. The van der Waals surface area contributed by atoms with Gasteiger partial charge >= 0.3 is 6.85 Å². The summed E-state index contributed by atoms with van der Waals surface area (Å²) in [6, 6.07) is 49.7. The number of hydrogen-bond donors (Lipinski definition) is 0. The fraction of sp³-hybridized carbons (Fsp3) is 0.222. The summed E-state index contributed by atoms with van der Waals surface area (Å²) in [5.41, 5.74) is 18.0. The molecule has 7 aromatic carbocycles. The number of furan rings is 2. The molecule has 0 aliphatic carbocycles. The second kappa shape index (κ2) is 12.2. The number of hydrogen-bond acceptors (Lipinski definition) is 4. The lowest BCUT2D eigenvalue weighted by molar-refractivity contribution is 0.590. The van der Waals surface area contributed by atoms with Gasteiger partial charge in [0.2, 0.25) is 0 Å². The van der Waals surface area contributed by atoms with Crippen molar-refractivity contribution in [1.82, 2.24) is 0 Å². The Hall–Kier alpha value is -6.20. The van der Waals surface area contributed by atoms with E-state index in [0.717, 1.165) is 72.3 Å². The van der Waals surface area contributed by atoms with Crippen molar-refractivity contribution in [1.29, 1.82) is 0 Å². The lowest BCUT2D eigenvalue weighted by Crippen LogP contribution is -2.61. The van der Waals surface area contributed by atoms with E-state index in [1.807, 2.05) is 0 Å². The summed E-state index contributed by atoms with van der Waals surface area (Å²) in [4.78, 5) is 5.08. The molecular weight excluding hydrogens is 719 g/mol. The van der Waals surface area contributed by atoms with Gasteiger partial charge in [-0.15, -0.1) is 0 Å². The molecule has 2 aliphatic heterocycles. The highest BCUT2D eigenvalue weighted by Gasteiger charge is 2.47. The topological polar surface area (TPSA) is 32.8 Å². The van der Waals surface area contributed by atoms with Crippen LogP contribution in [0.4, 0.5) is 28.4 Å². The Balaban J connectivity index is 1.31. The van der Waals surface area contributed by atoms with Crippen molar-refractivity contribution in [3.8, 4) is 11.1 Å². The maximum Gasteiger partial charge on any atom is 0.333 e. The molecule has 0 spiro atoms. The molecule has 5 heteroatoms. The first-order valence-electron chi connectivity index (χ1n) is 21.0. The minimum atomic E-state index is -0.171. The first-order chi connectivity index (χ1) is 28.1. The summed E-state index contributed by atoms with van der Waals surface area (Å²) in [6.45, 7) is 20.5. The van der Waals surface area contributed by atoms with Crippen molar-refractivity contribution in [2.75, 3.05) is 9.71 Å². The molecule has 59 heavy (non-hydrogen) atoms. The maximum absolute atomic E-state index is 7.07. The molecule has 0 atom stereocenters. The van der Waals surface area contributed by atoms with Gasteiger partial charge in [0.05, 0.1) is 5.69 Å². The van der Waals surface area contributed by atoms with Crippen LogP contribution in [-0.4, -0.2) is 6.85 Å². The number of para-hydroxylation sites is 2. The highest BCUT2D eigenvalue weighted by Crippen LogP contribution is 2.52. The minimum absolute atomic E-state index is 0.0214. The van der Waals surface area contributed by atoms with Gasteiger partial charge in [-0.3, -0.25) is 0 Å². The van der Waals surface area contributed by atoms with E-state index in [1.54, 1.807) is 0 Å². The third kappa shape index (κ3) is 5.36. The van der Waals surface area contributed by atoms with Crippen LogP contribution in [0.2, 0.25) is 0 Å². The molecule has 0 radical (unpaired) electrons. The molecule has 0 unspecified atom stereocenters. The van der Waals surface area contributed by atoms with E-state index < -0.39 is 0 Å². The van der Waals surface area contributed by atoms with Crippen molar-refractivity contribution < 1.29 is 8.83 Å². The van der Waals surface area contributed by atoms with E-state index >= 15 is 0 Å². The lowest BCUT2D eigenvalue weighted by atomic mass is 9.43. The average Bonchev–Trinajstić information content (AvgIpc) is 3.77. The van der Waals surface area contributed by atoms with Crippen molar-refractivity contribution in [3.05, 3.63) is 150 Å². The number of anilines is 5. The van der Waals surface area contributed by atoms with Crippen molar-refractivity contribution in [2.45, 2.75) is 78.6 Å². The summed E-state index contributed by atoms with van der Waals surface area (Å²) < 4.78 is 13.7. The van der Waals surface area contributed by atoms with Gasteiger partial charge in [-0.2, -0.15) is 0 Å². The van der Waals surface area contributed by atoms with Gasteiger partial charge in [-0.1, -0.05) is 135 Å². The highest BCUT2D eigenvalue weighted by atomic mass is 16.3. The molecule has 9 aromatic rings. The van der Waals surface area contributed by atoms with Crippen LogP contribution in [-0.2, 0) is 16.2 Å². The van der Waals surface area contributed by atoms with E-state index in [2.05, 4.69) is 205 Å². The van der Waals surface area contributed by atoms with Crippen LogP contribution in [0.25, 0.3) is 55.0 Å². The zero-order chi connectivity index (χ0) is 40.7. The molecular formula is C54H49BN2O2. The Labute approximate surface area is 347 Å². The minimum Gasteiger partial charge on any atom is -0.456 e. The molecule has 0 saturated carbocycles. The number of rotatable bonds is 2. The van der Waals surface area contributed by atoms with Crippen LogP contribution in [0.5, 0.6) is 0 Å². The average molecular weight is 769 g/mol. The Morgan fingerprint density at radius 2 is 0.983 bits per heavy atom. The quantitative estimate of drug-likeness (QED) is 0.164. The third-order valence-electron chi connectivity index (χ3n) is 12.9. The van der Waals surface area contributed by atoms with Crippen molar-refractivity contribution >= 4 is 90.1 Å². The molecule has 4 heterocycles. The van der Waals surface area contributed by atoms with Gasteiger partial charge < -0.3 is 18.5 Å². The Morgan fingerprint density at radius 1 is 0.441 bits per heavy atom. The van der Waals surface area contributed by atoms with Crippen LogP contribution in [0.15, 0.2) is 142 Å². The Morgan fingerprint density at radius 3 is 1.61 bits per heavy atom. The fourth-order valence-electron chi connectivity index (χ4n) is 9.67. The normalized spacial score (nSPS) is 14.1. The summed E-state index contributed by atoms with van der Waals surface area (Å²) in [7, 11) is 0. The molecule has 290 valence electrons. The van der Waals surface area contributed by atoms with Crippen LogP contribution >= 0.6 is 0 Å². The zero-order valence-electron chi connectivity index (χ0n) is 35.5. The number of fused-ring (bicyclic) bond motifs is 11. The zero-order valence-corrected chi connectivity index (χ0v) is 35.5. The summed E-state index contributed by atoms with van der Waals surface area (Å²) in [5.74, 6) is 0. The second-order valence-corrected chi connectivity index (χ2v) is 19.9. The Kier molecular flexibility index (Phi) is 7.41. The molecule has 2 aliphatic rings. The van der Waals surface area contributed by atoms with E-state index in [4.69, 9.17) is 8.83 Å². The standard InChI is InChI=1S/C54H49BN2O2/c1-52(2,3)32-18-23-35(24-19-32)56-44-27-22-34(54(7,8)9)28-43(44)55-49-41(30-42-38-15-11-13-17-47(38)59-51(42)50(49)56)39-29-40-37-14-10-12-16-46(37)58-48(40)31-45(39)57(55)36-25-20-33(21-26-36)53(4,5)6/h10-31H,1-9H3. The monoisotopic (exact) mass is 768 g/mol. The van der Waals surface area contributed by atoms with Crippen LogP contribution in [0.3, 0.4) is 0 Å². The number of benzene rings is 7. The molecule has 2 aromatic heterocycles. The summed E-state index contributed by atoms with van der Waals surface area (Å²) >= 11 is 0. The molecule has 0 fully saturated rings. The first kappa shape index (κ1) is 35.9. The predicted molar refractivity (Wildman–Crippen MR) is 251 cm³/mol. The van der Waals surface area contributed by atoms with Gasteiger partial charge in [0.15, 0.2) is 5.58 Å². The molecule has 4 nitrogen and oxygen atoms in total. The van der Waals surface area contributed by atoms with Crippen LogP contribution in [0, 0.1) is 0 Å². The number of nitrogens with zero attached hydrogens (tertiary/aromatic N) is 2. The summed E-state index contributed by atoms with van der Waals surface area (Å²) in [6.07, 6.45) is 0. The van der Waals surface area contributed by atoms with E-state index in [-0.39, 0.29) is 23.1 Å². The molecule has 11 rings (SSSR count). The SMILES string of the molecule is CC(C)(C)c1ccc(N2B3c4cc(C(C)(C)C)ccc4N(c4ccc(C(C)(C)C)cc4)c4c3c(cc3c4oc4ccccc43)-c3cc4c(cc32)oc2ccccc24)cc1. The van der Waals surface area contributed by atoms with E-state index in [0.29, 0.717) is 0 Å². The predicted octanol–water partition coefficient (Wildman–Crippen LogP) is 14.1. The van der Waals surface area contributed by atoms with Gasteiger partial charge in [0, 0.05) is 55.9 Å². The van der Waals surface area contributed by atoms with Crippen LogP contribution in [0.1, 0.15) is 79.0 Å².